The zero-order valence-electron chi connectivity index (χ0n) is 47.2. The second-order valence-corrected chi connectivity index (χ2v) is 23.3. The van der Waals surface area contributed by atoms with E-state index in [2.05, 4.69) is 55.4 Å². The lowest BCUT2D eigenvalue weighted by Gasteiger charge is -2.40. The molecule has 1 aliphatic carbocycles. The third-order valence-electron chi connectivity index (χ3n) is 15.6. The average Bonchev–Trinajstić information content (AvgIpc) is 4.18. The first-order valence-corrected chi connectivity index (χ1v) is 28.6. The Balaban J connectivity index is 1.05. The van der Waals surface area contributed by atoms with Crippen LogP contribution in [-0.2, 0) is 53.3 Å². The van der Waals surface area contributed by atoms with E-state index in [-0.39, 0.29) is 67.4 Å². The van der Waals surface area contributed by atoms with Crippen LogP contribution < -0.4 is 16.0 Å². The Bertz CT molecular complexity index is 2860. The van der Waals surface area contributed by atoms with E-state index in [1.54, 1.807) is 48.2 Å². The Labute approximate surface area is 468 Å². The summed E-state index contributed by atoms with van der Waals surface area (Å²) in [5.41, 5.74) is 5.25. The zero-order valence-corrected chi connectivity index (χ0v) is 48.0. The summed E-state index contributed by atoms with van der Waals surface area (Å²) in [5.74, 6) is -4.76. The number of hydrogen-bond donors (Lipinski definition) is 4. The first-order valence-electron chi connectivity index (χ1n) is 27.8. The fourth-order valence-electron chi connectivity index (χ4n) is 10.9. The van der Waals surface area contributed by atoms with Gasteiger partial charge in [-0.05, 0) is 131 Å². The number of aliphatic carboxylic acids is 1. The molecule has 79 heavy (non-hydrogen) atoms. The van der Waals surface area contributed by atoms with Crippen LogP contribution >= 0.6 is 11.3 Å². The molecule has 5 aromatic rings. The highest BCUT2D eigenvalue weighted by atomic mass is 32.1. The lowest BCUT2D eigenvalue weighted by atomic mass is 9.80. The van der Waals surface area contributed by atoms with Crippen molar-refractivity contribution in [3.05, 3.63) is 112 Å². The van der Waals surface area contributed by atoms with E-state index in [0.29, 0.717) is 42.9 Å². The summed E-state index contributed by atoms with van der Waals surface area (Å²) >= 11 is 1.19. The molecule has 0 spiro atoms. The Hall–Kier alpha value is -6.99. The number of carbonyl (C=O) groups excluding carboxylic acids is 5. The van der Waals surface area contributed by atoms with Crippen molar-refractivity contribution < 1.29 is 43.3 Å². The Morgan fingerprint density at radius 2 is 1.58 bits per heavy atom. The summed E-state index contributed by atoms with van der Waals surface area (Å²) in [6, 6.07) is 22.7. The molecule has 0 saturated carbocycles. The molecule has 4 amide bonds. The summed E-state index contributed by atoms with van der Waals surface area (Å²) < 4.78 is 13.4. The number of rotatable bonds is 26. The molecule has 1 saturated heterocycles. The van der Waals surface area contributed by atoms with Gasteiger partial charge >= 0.3 is 18.0 Å². The number of thiazole rings is 1. The molecule has 3 aromatic carbocycles. The Kier molecular flexibility index (Phi) is 20.6. The van der Waals surface area contributed by atoms with Gasteiger partial charge in [0.25, 0.3) is 0 Å². The maximum absolute atomic E-state index is 15.2. The number of likely N-dealkylation sites (tertiary alicyclic amines) is 1. The largest absolute Gasteiger partial charge is 0.481 e. The van der Waals surface area contributed by atoms with Crippen LogP contribution in [0.5, 0.6) is 0 Å². The molecule has 2 aliphatic rings. The molecule has 4 N–H and O–H groups in total. The molecule has 1 aliphatic heterocycles. The predicted molar refractivity (Wildman–Crippen MR) is 304 cm³/mol. The monoisotopic (exact) mass is 1100 g/mol. The van der Waals surface area contributed by atoms with E-state index < -0.39 is 53.3 Å². The molecular formula is C60H79N9O9S. The van der Waals surface area contributed by atoms with Crippen molar-refractivity contribution in [2.75, 3.05) is 37.4 Å². The smallest absolute Gasteiger partial charge is 0.411 e. The minimum absolute atomic E-state index is 0.00725. The molecule has 18 nitrogen and oxygen atoms in total. The summed E-state index contributed by atoms with van der Waals surface area (Å²) in [6.45, 7) is 13.7. The van der Waals surface area contributed by atoms with Gasteiger partial charge in [0.2, 0.25) is 17.7 Å². The summed E-state index contributed by atoms with van der Waals surface area (Å²) in [7, 11) is 3.80. The number of carboxylic acid groups (broad SMARTS) is 1. The number of fused-ring (bicyclic) bond motifs is 3. The van der Waals surface area contributed by atoms with Gasteiger partial charge in [-0.2, -0.15) is 0 Å². The number of carbonyl (C=O) groups is 6. The number of unbranched alkanes of at least 4 members (excludes halogenated alkanes) is 1. The van der Waals surface area contributed by atoms with Crippen molar-refractivity contribution in [3.63, 3.8) is 0 Å². The third kappa shape index (κ3) is 15.6. The molecular weight excluding hydrogens is 1020 g/mol. The summed E-state index contributed by atoms with van der Waals surface area (Å²) in [6.07, 6.45) is 5.89. The molecule has 1 fully saturated rings. The number of aryl methyl sites for hydroxylation is 2. The van der Waals surface area contributed by atoms with Crippen LogP contribution in [0.25, 0.3) is 11.1 Å². The van der Waals surface area contributed by atoms with Crippen LogP contribution in [0.1, 0.15) is 139 Å². The van der Waals surface area contributed by atoms with Crippen molar-refractivity contribution in [3.8, 4) is 11.1 Å². The van der Waals surface area contributed by atoms with Crippen molar-refractivity contribution in [2.24, 2.45) is 36.1 Å². The van der Waals surface area contributed by atoms with Crippen molar-refractivity contribution in [1.82, 2.24) is 35.1 Å². The highest BCUT2D eigenvalue weighted by Gasteiger charge is 2.41. The van der Waals surface area contributed by atoms with Crippen LogP contribution in [0.15, 0.2) is 84.4 Å². The number of nitrogens with one attached hydrogen (secondary N) is 3. The number of esters is 1. The van der Waals surface area contributed by atoms with Crippen LogP contribution in [-0.4, -0.2) is 110 Å². The van der Waals surface area contributed by atoms with Crippen LogP contribution in [0.2, 0.25) is 0 Å². The molecule has 0 bridgehead atoms. The van der Waals surface area contributed by atoms with Crippen molar-refractivity contribution in [1.29, 1.82) is 0 Å². The first kappa shape index (κ1) is 59.7. The van der Waals surface area contributed by atoms with Crippen molar-refractivity contribution in [2.45, 2.75) is 137 Å². The average molecular weight is 1100 g/mol. The Morgan fingerprint density at radius 1 is 0.899 bits per heavy atom. The molecule has 6 atom stereocenters. The molecule has 7 rings (SSSR count). The van der Waals surface area contributed by atoms with Gasteiger partial charge in [0.05, 0.1) is 17.3 Å². The maximum atomic E-state index is 15.2. The van der Waals surface area contributed by atoms with E-state index >= 15 is 4.79 Å². The number of nitrogens with zero attached hydrogens (tertiary/aromatic N) is 6. The van der Waals surface area contributed by atoms with Gasteiger partial charge in [-0.25, -0.2) is 9.78 Å². The van der Waals surface area contributed by atoms with Crippen LogP contribution in [0.3, 0.4) is 0 Å². The van der Waals surface area contributed by atoms with E-state index in [1.807, 2.05) is 77.2 Å². The van der Waals surface area contributed by atoms with Gasteiger partial charge in [0.1, 0.15) is 23.4 Å². The summed E-state index contributed by atoms with van der Waals surface area (Å²) in [5, 5.41) is 29.5. The fraction of sp³-hybridized carbons (Fsp3) is 0.517. The molecule has 19 heteroatoms. The van der Waals surface area contributed by atoms with E-state index in [4.69, 9.17) is 14.5 Å². The van der Waals surface area contributed by atoms with Gasteiger partial charge in [0.15, 0.2) is 6.10 Å². The minimum atomic E-state index is -1.27. The number of benzene rings is 3. The zero-order chi connectivity index (χ0) is 57.0. The van der Waals surface area contributed by atoms with Gasteiger partial charge in [-0.15, -0.1) is 16.4 Å². The van der Waals surface area contributed by atoms with Crippen LogP contribution in [0, 0.1) is 29.1 Å². The summed E-state index contributed by atoms with van der Waals surface area (Å²) in [4.78, 5) is 91.1. The number of amides is 4. The Morgan fingerprint density at radius 3 is 2.19 bits per heavy atom. The third-order valence-corrected chi connectivity index (χ3v) is 16.5. The second kappa shape index (κ2) is 27.3. The highest BCUT2D eigenvalue weighted by Crippen LogP contribution is 2.45. The van der Waals surface area contributed by atoms with E-state index in [9.17, 15) is 29.1 Å². The predicted octanol–water partition coefficient (Wildman–Crippen LogP) is 10.0. The normalized spacial score (nSPS) is 16.4. The van der Waals surface area contributed by atoms with Crippen molar-refractivity contribution >= 4 is 58.6 Å². The highest BCUT2D eigenvalue weighted by molar-refractivity contribution is 7.10. The molecule has 424 valence electrons. The number of piperidine rings is 1. The molecule has 0 radical (unpaired) electrons. The SMILES string of the molecule is CC[C@H](C)[C@@H](C(=O)N[C@H]1CCCCN1C)C(=O)N(CCCCc1cn(C)nn1)[C@H](C[C@@H](OC(C)=O)c1nc(NC(=O)[C@@H](Cc2ccc(NC(=O)OCC3c4ccccc4-c4ccccc43)cc2)CC(C)(C)C(=O)O)cs1)C(C)C. The maximum Gasteiger partial charge on any atom is 0.411 e. The number of ether oxygens (including phenoxy) is 2. The minimum Gasteiger partial charge on any atom is -0.481 e. The van der Waals surface area contributed by atoms with Crippen LogP contribution in [0.4, 0.5) is 16.3 Å². The fourth-order valence-corrected chi connectivity index (χ4v) is 11.7. The second-order valence-electron chi connectivity index (χ2n) is 22.4. The van der Waals surface area contributed by atoms with Gasteiger partial charge in [-0.3, -0.25) is 38.9 Å². The standard InChI is InChI=1S/C60H79N9O9S/c1-10-38(4)53(55(72)64-52-24-16-17-29-67(52)8)57(73)69(30-18-15-19-43-34-68(9)66-65-43)49(37(2)3)32-50(78-39(5)70)56-63-51(36-79-56)62-54(71)41(33-60(6,7)58(74)75)31-40-25-27-42(28-26-40)61-59(76)77-35-48-46-22-13-11-20-44(46)45-21-12-14-23-47(45)48/h11-14,20-23,25-28,34,36-38,41,48-50,52-53H,10,15-19,24,29-33,35H2,1-9H3,(H,61,76)(H,62,71)(H,64,72)(H,74,75)/t38-,41-,49+,50+,52+,53-/m0/s1. The topological polar surface area (TPSA) is 227 Å². The molecule has 0 unspecified atom stereocenters. The lowest BCUT2D eigenvalue weighted by Crippen LogP contribution is -2.56. The number of anilines is 2. The number of hydrogen-bond acceptors (Lipinski definition) is 13. The van der Waals surface area contributed by atoms with E-state index in [0.717, 1.165) is 59.3 Å². The first-order chi connectivity index (χ1) is 37.7. The van der Waals surface area contributed by atoms with Gasteiger partial charge in [0, 0.05) is 62.1 Å². The van der Waals surface area contributed by atoms with Gasteiger partial charge < -0.3 is 30.1 Å². The van der Waals surface area contributed by atoms with E-state index in [1.165, 1.54) is 18.3 Å². The molecule has 2 aromatic heterocycles. The number of aromatic nitrogens is 4. The lowest BCUT2D eigenvalue weighted by molar-refractivity contribution is -0.151. The molecule has 3 heterocycles. The number of carboxylic acids is 1. The van der Waals surface area contributed by atoms with Gasteiger partial charge in [-0.1, -0.05) is 100.0 Å². The quantitative estimate of drug-likeness (QED) is 0.0230.